The van der Waals surface area contributed by atoms with Gasteiger partial charge >= 0.3 is 0 Å². The summed E-state index contributed by atoms with van der Waals surface area (Å²) in [6.45, 7) is 4.47. The minimum atomic E-state index is -0.119. The van der Waals surface area contributed by atoms with Gasteiger partial charge in [-0.3, -0.25) is 4.79 Å². The van der Waals surface area contributed by atoms with Crippen LogP contribution in [0.2, 0.25) is 0 Å². The molecule has 0 bridgehead atoms. The van der Waals surface area contributed by atoms with Crippen LogP contribution in [0.15, 0.2) is 24.3 Å². The van der Waals surface area contributed by atoms with Gasteiger partial charge in [-0.15, -0.1) is 0 Å². The lowest BCUT2D eigenvalue weighted by molar-refractivity contribution is -0.122. The van der Waals surface area contributed by atoms with Crippen LogP contribution in [0, 0.1) is 5.92 Å². The number of para-hydroxylation sites is 2. The van der Waals surface area contributed by atoms with Gasteiger partial charge in [0.05, 0.1) is 17.1 Å². The highest BCUT2D eigenvalue weighted by Gasteiger charge is 2.21. The number of nitrogens with two attached hydrogens (primary N) is 1. The number of imidazole rings is 1. The van der Waals surface area contributed by atoms with Crippen LogP contribution in [0.5, 0.6) is 0 Å². The van der Waals surface area contributed by atoms with Crippen LogP contribution in [0.1, 0.15) is 32.1 Å². The van der Waals surface area contributed by atoms with E-state index in [9.17, 15) is 4.79 Å². The molecule has 0 fully saturated rings. The number of benzene rings is 1. The van der Waals surface area contributed by atoms with E-state index in [1.807, 2.05) is 24.3 Å². The van der Waals surface area contributed by atoms with Gasteiger partial charge in [0, 0.05) is 13.0 Å². The first-order valence-electron chi connectivity index (χ1n) is 6.56. The molecule has 0 spiro atoms. The smallest absolute Gasteiger partial charge is 0.221 e. The highest BCUT2D eigenvalue weighted by atomic mass is 16.1. The van der Waals surface area contributed by atoms with Crippen molar-refractivity contribution in [1.29, 1.82) is 0 Å². The third-order valence-electron chi connectivity index (χ3n) is 3.06. The zero-order valence-electron chi connectivity index (χ0n) is 11.3. The summed E-state index contributed by atoms with van der Waals surface area (Å²) in [5.74, 6) is 1.01. The Morgan fingerprint density at radius 1 is 1.42 bits per heavy atom. The van der Waals surface area contributed by atoms with Crippen LogP contribution >= 0.6 is 0 Å². The largest absolute Gasteiger partial charge is 0.346 e. The van der Waals surface area contributed by atoms with Gasteiger partial charge < -0.3 is 16.0 Å². The Morgan fingerprint density at radius 2 is 2.16 bits per heavy atom. The van der Waals surface area contributed by atoms with Crippen LogP contribution < -0.4 is 11.1 Å². The second-order valence-electron chi connectivity index (χ2n) is 4.97. The SMILES string of the molecule is CC(C)[C@H](NC(=O)CCN)c1nc2ccccc2[nH]1. The normalized spacial score (nSPS) is 12.8. The Balaban J connectivity index is 2.25. The fourth-order valence-electron chi connectivity index (χ4n) is 2.05. The fraction of sp³-hybridized carbons (Fsp3) is 0.429. The van der Waals surface area contributed by atoms with Gasteiger partial charge in [0.2, 0.25) is 5.91 Å². The number of aromatic nitrogens is 2. The molecule has 5 nitrogen and oxygen atoms in total. The summed E-state index contributed by atoms with van der Waals surface area (Å²) in [4.78, 5) is 19.5. The van der Waals surface area contributed by atoms with Crippen LogP contribution in [-0.2, 0) is 4.79 Å². The molecule has 0 saturated carbocycles. The van der Waals surface area contributed by atoms with Gasteiger partial charge in [0.25, 0.3) is 0 Å². The number of hydrogen-bond donors (Lipinski definition) is 3. The van der Waals surface area contributed by atoms with Crippen LogP contribution in [-0.4, -0.2) is 22.4 Å². The monoisotopic (exact) mass is 260 g/mol. The Hall–Kier alpha value is -1.88. The number of nitrogens with one attached hydrogen (secondary N) is 2. The molecule has 1 atom stereocenters. The molecule has 2 aromatic rings. The molecule has 1 amide bonds. The summed E-state index contributed by atoms with van der Waals surface area (Å²) in [7, 11) is 0. The minimum absolute atomic E-state index is 0.0401. The van der Waals surface area contributed by atoms with Crippen LogP contribution in [0.3, 0.4) is 0 Å². The highest BCUT2D eigenvalue weighted by Crippen LogP contribution is 2.22. The molecule has 0 aliphatic carbocycles. The van der Waals surface area contributed by atoms with Crippen molar-refractivity contribution in [2.75, 3.05) is 6.54 Å². The summed E-state index contributed by atoms with van der Waals surface area (Å²) in [5, 5.41) is 2.98. The quantitative estimate of drug-likeness (QED) is 0.765. The first kappa shape index (κ1) is 13.5. The van der Waals surface area contributed by atoms with E-state index in [4.69, 9.17) is 5.73 Å². The topological polar surface area (TPSA) is 83.8 Å². The molecular weight excluding hydrogens is 240 g/mol. The van der Waals surface area contributed by atoms with Crippen molar-refractivity contribution >= 4 is 16.9 Å². The Kier molecular flexibility index (Phi) is 4.16. The number of aromatic amines is 1. The fourth-order valence-corrected chi connectivity index (χ4v) is 2.05. The summed E-state index contributed by atoms with van der Waals surface area (Å²) in [5.41, 5.74) is 7.29. The lowest BCUT2D eigenvalue weighted by atomic mass is 10.0. The Labute approximate surface area is 112 Å². The summed E-state index contributed by atoms with van der Waals surface area (Å²) in [6, 6.07) is 7.72. The van der Waals surface area contributed by atoms with Crippen LogP contribution in [0.25, 0.3) is 11.0 Å². The van der Waals surface area contributed by atoms with E-state index in [0.717, 1.165) is 16.9 Å². The maximum atomic E-state index is 11.7. The van der Waals surface area contributed by atoms with Gasteiger partial charge in [-0.05, 0) is 18.1 Å². The molecule has 1 heterocycles. The van der Waals surface area contributed by atoms with E-state index >= 15 is 0 Å². The molecule has 0 aliphatic rings. The number of H-pyrrole nitrogens is 1. The molecule has 1 aromatic heterocycles. The van der Waals surface area contributed by atoms with Crippen molar-refractivity contribution in [3.8, 4) is 0 Å². The number of fused-ring (bicyclic) bond motifs is 1. The molecule has 0 radical (unpaired) electrons. The van der Waals surface area contributed by atoms with Gasteiger partial charge in [-0.1, -0.05) is 26.0 Å². The molecule has 4 N–H and O–H groups in total. The van der Waals surface area contributed by atoms with E-state index in [1.54, 1.807) is 0 Å². The van der Waals surface area contributed by atoms with Crippen molar-refractivity contribution in [2.45, 2.75) is 26.3 Å². The maximum absolute atomic E-state index is 11.7. The van der Waals surface area contributed by atoms with Crippen molar-refractivity contribution in [3.63, 3.8) is 0 Å². The number of carbonyl (C=O) groups excluding carboxylic acids is 1. The van der Waals surface area contributed by atoms with E-state index in [2.05, 4.69) is 29.1 Å². The third kappa shape index (κ3) is 3.12. The number of nitrogens with zero attached hydrogens (tertiary/aromatic N) is 1. The second-order valence-corrected chi connectivity index (χ2v) is 4.97. The van der Waals surface area contributed by atoms with Gasteiger partial charge in [0.1, 0.15) is 5.82 Å². The molecule has 19 heavy (non-hydrogen) atoms. The molecule has 2 rings (SSSR count). The first-order chi connectivity index (χ1) is 9.11. The number of hydrogen-bond acceptors (Lipinski definition) is 3. The van der Waals surface area contributed by atoms with Crippen LogP contribution in [0.4, 0.5) is 0 Å². The number of amides is 1. The van der Waals surface area contributed by atoms with Gasteiger partial charge in [0.15, 0.2) is 0 Å². The second kappa shape index (κ2) is 5.84. The molecule has 102 valence electrons. The molecular formula is C14H20N4O. The maximum Gasteiger partial charge on any atom is 0.221 e. The van der Waals surface area contributed by atoms with E-state index in [0.29, 0.717) is 13.0 Å². The standard InChI is InChI=1S/C14H20N4O/c1-9(2)13(18-12(19)7-8-15)14-16-10-5-3-4-6-11(10)17-14/h3-6,9,13H,7-8,15H2,1-2H3,(H,16,17)(H,18,19)/t13-/m0/s1. The van der Waals surface area contributed by atoms with Crippen molar-refractivity contribution in [3.05, 3.63) is 30.1 Å². The van der Waals surface area contributed by atoms with E-state index in [-0.39, 0.29) is 17.9 Å². The number of carbonyl (C=O) groups is 1. The molecule has 0 aliphatic heterocycles. The van der Waals surface area contributed by atoms with Crippen molar-refractivity contribution in [2.24, 2.45) is 11.7 Å². The average Bonchev–Trinajstić information content (AvgIpc) is 2.79. The minimum Gasteiger partial charge on any atom is -0.346 e. The van der Waals surface area contributed by atoms with Crippen molar-refractivity contribution < 1.29 is 4.79 Å². The lowest BCUT2D eigenvalue weighted by Crippen LogP contribution is -2.33. The van der Waals surface area contributed by atoms with Crippen molar-refractivity contribution in [1.82, 2.24) is 15.3 Å². The predicted molar refractivity (Wildman–Crippen MR) is 75.5 cm³/mol. The number of rotatable bonds is 5. The third-order valence-corrected chi connectivity index (χ3v) is 3.06. The molecule has 5 heteroatoms. The molecule has 0 saturated heterocycles. The Morgan fingerprint density at radius 3 is 2.79 bits per heavy atom. The van der Waals surface area contributed by atoms with Gasteiger partial charge in [-0.25, -0.2) is 4.98 Å². The summed E-state index contributed by atoms with van der Waals surface area (Å²) < 4.78 is 0. The van der Waals surface area contributed by atoms with E-state index < -0.39 is 0 Å². The zero-order chi connectivity index (χ0) is 13.8. The lowest BCUT2D eigenvalue weighted by Gasteiger charge is -2.20. The predicted octanol–water partition coefficient (Wildman–Crippen LogP) is 1.72. The average molecular weight is 260 g/mol. The van der Waals surface area contributed by atoms with Gasteiger partial charge in [-0.2, -0.15) is 0 Å². The Bertz CT molecular complexity index is 528. The van der Waals surface area contributed by atoms with E-state index in [1.165, 1.54) is 0 Å². The molecule has 1 aromatic carbocycles. The summed E-state index contributed by atoms with van der Waals surface area (Å²) in [6.07, 6.45) is 0.337. The highest BCUT2D eigenvalue weighted by molar-refractivity contribution is 5.77. The zero-order valence-corrected chi connectivity index (χ0v) is 11.3. The molecule has 0 unspecified atom stereocenters. The first-order valence-corrected chi connectivity index (χ1v) is 6.56. The summed E-state index contributed by atoms with van der Waals surface area (Å²) >= 11 is 0.